The van der Waals surface area contributed by atoms with Gasteiger partial charge >= 0.3 is 0 Å². The highest BCUT2D eigenvalue weighted by Crippen LogP contribution is 2.39. The number of hydrogen-bond donors (Lipinski definition) is 1. The highest BCUT2D eigenvalue weighted by Gasteiger charge is 2.30. The average Bonchev–Trinajstić information content (AvgIpc) is 3.47. The van der Waals surface area contributed by atoms with Gasteiger partial charge in [0.25, 0.3) is 5.56 Å². The summed E-state index contributed by atoms with van der Waals surface area (Å²) in [6, 6.07) is 12.9. The van der Waals surface area contributed by atoms with Crippen molar-refractivity contribution in [3.05, 3.63) is 75.1 Å². The Labute approximate surface area is 141 Å². The molecule has 3 heterocycles. The predicted octanol–water partition coefficient (Wildman–Crippen LogP) is 2.50. The molecule has 6 heteroatoms. The third-order valence-corrected chi connectivity index (χ3v) is 4.57. The van der Waals surface area contributed by atoms with Gasteiger partial charge in [-0.3, -0.25) is 19.1 Å². The molecule has 0 unspecified atom stereocenters. The maximum absolute atomic E-state index is 13.2. The van der Waals surface area contributed by atoms with Gasteiger partial charge in [0.15, 0.2) is 0 Å². The summed E-state index contributed by atoms with van der Waals surface area (Å²) in [4.78, 5) is 38.0. The molecular formula is C19H14N4O2. The van der Waals surface area contributed by atoms with Crippen molar-refractivity contribution in [1.82, 2.24) is 19.5 Å². The van der Waals surface area contributed by atoms with Gasteiger partial charge in [-0.2, -0.15) is 0 Å². The first-order valence-electron chi connectivity index (χ1n) is 8.23. The molecule has 5 rings (SSSR count). The molecule has 0 aliphatic heterocycles. The van der Waals surface area contributed by atoms with E-state index in [1.807, 2.05) is 30.3 Å². The second-order valence-electron chi connectivity index (χ2n) is 6.30. The summed E-state index contributed by atoms with van der Waals surface area (Å²) in [6.45, 7) is 0. The second kappa shape index (κ2) is 5.11. The number of rotatable bonds is 2. The highest BCUT2D eigenvalue weighted by molar-refractivity contribution is 5.88. The van der Waals surface area contributed by atoms with Crippen molar-refractivity contribution in [2.75, 3.05) is 0 Å². The van der Waals surface area contributed by atoms with E-state index >= 15 is 0 Å². The molecule has 1 fully saturated rings. The number of fused-ring (bicyclic) bond motifs is 2. The largest absolute Gasteiger partial charge is 0.337 e. The van der Waals surface area contributed by atoms with Crippen LogP contribution in [0.1, 0.15) is 24.6 Å². The first-order chi connectivity index (χ1) is 12.2. The molecule has 6 nitrogen and oxygen atoms in total. The molecule has 0 amide bonds. The van der Waals surface area contributed by atoms with Gasteiger partial charge < -0.3 is 4.98 Å². The van der Waals surface area contributed by atoms with E-state index in [4.69, 9.17) is 0 Å². The lowest BCUT2D eigenvalue weighted by molar-refractivity contribution is 0.820. The van der Waals surface area contributed by atoms with Crippen LogP contribution in [0.15, 0.2) is 58.3 Å². The van der Waals surface area contributed by atoms with Crippen LogP contribution in [0.25, 0.3) is 27.8 Å². The summed E-state index contributed by atoms with van der Waals surface area (Å²) < 4.78 is 1.57. The molecule has 1 N–H and O–H groups in total. The minimum absolute atomic E-state index is 0.0550. The first-order valence-corrected chi connectivity index (χ1v) is 8.23. The lowest BCUT2D eigenvalue weighted by atomic mass is 10.2. The van der Waals surface area contributed by atoms with Crippen LogP contribution in [0.3, 0.4) is 0 Å². The summed E-state index contributed by atoms with van der Waals surface area (Å²) in [7, 11) is 0. The third kappa shape index (κ3) is 2.11. The Bertz CT molecular complexity index is 1240. The zero-order chi connectivity index (χ0) is 17.0. The topological polar surface area (TPSA) is 80.6 Å². The zero-order valence-corrected chi connectivity index (χ0v) is 13.3. The fourth-order valence-electron chi connectivity index (χ4n) is 3.21. The number of H-pyrrole nitrogens is 1. The van der Waals surface area contributed by atoms with Gasteiger partial charge in [-0.05, 0) is 37.1 Å². The maximum atomic E-state index is 13.2. The highest BCUT2D eigenvalue weighted by atomic mass is 16.1. The molecule has 0 bridgehead atoms. The molecule has 1 aromatic carbocycles. The summed E-state index contributed by atoms with van der Waals surface area (Å²) >= 11 is 0. The fourth-order valence-corrected chi connectivity index (χ4v) is 3.21. The number of aromatic nitrogens is 4. The fraction of sp³-hybridized carbons (Fsp3) is 0.158. The zero-order valence-electron chi connectivity index (χ0n) is 13.3. The summed E-state index contributed by atoms with van der Waals surface area (Å²) in [6.07, 6.45) is 3.55. The molecule has 1 aliphatic rings. The van der Waals surface area contributed by atoms with Crippen molar-refractivity contribution in [3.63, 3.8) is 0 Å². The molecular weight excluding hydrogens is 316 g/mol. The van der Waals surface area contributed by atoms with E-state index in [9.17, 15) is 9.59 Å². The third-order valence-electron chi connectivity index (χ3n) is 4.57. The maximum Gasteiger partial charge on any atom is 0.271 e. The standard InChI is InChI=1S/C19H14N4O2/c24-16-14-17(21-13-7-4-10-20-15(13)16)22-18(11-8-9-11)23(19(14)25)12-5-2-1-3-6-12/h1-7,10-11H,8-9H2,(H,21,24). The van der Waals surface area contributed by atoms with E-state index in [1.54, 1.807) is 22.9 Å². The number of pyridine rings is 2. The van der Waals surface area contributed by atoms with Crippen LogP contribution in [0.2, 0.25) is 0 Å². The van der Waals surface area contributed by atoms with Crippen LogP contribution in [-0.4, -0.2) is 19.5 Å². The molecule has 1 aliphatic carbocycles. The smallest absolute Gasteiger partial charge is 0.271 e. The normalized spacial score (nSPS) is 14.2. The van der Waals surface area contributed by atoms with Crippen molar-refractivity contribution in [1.29, 1.82) is 0 Å². The van der Waals surface area contributed by atoms with E-state index in [2.05, 4.69) is 15.0 Å². The number of nitrogens with zero attached hydrogens (tertiary/aromatic N) is 3. The first kappa shape index (κ1) is 14.1. The Morgan fingerprint density at radius 2 is 1.84 bits per heavy atom. The van der Waals surface area contributed by atoms with Crippen molar-refractivity contribution in [3.8, 4) is 5.69 Å². The van der Waals surface area contributed by atoms with E-state index in [1.165, 1.54) is 0 Å². The van der Waals surface area contributed by atoms with Crippen LogP contribution in [0.5, 0.6) is 0 Å². The van der Waals surface area contributed by atoms with Crippen LogP contribution in [0, 0.1) is 0 Å². The van der Waals surface area contributed by atoms with E-state index < -0.39 is 0 Å². The molecule has 0 spiro atoms. The van der Waals surface area contributed by atoms with Gasteiger partial charge in [0, 0.05) is 12.1 Å². The minimum atomic E-state index is -0.381. The minimum Gasteiger partial charge on any atom is -0.337 e. The van der Waals surface area contributed by atoms with Crippen LogP contribution in [-0.2, 0) is 0 Å². The Balaban J connectivity index is 1.97. The Kier molecular flexibility index (Phi) is 2.88. The molecule has 0 saturated heterocycles. The number of aromatic amines is 1. The Morgan fingerprint density at radius 3 is 2.60 bits per heavy atom. The van der Waals surface area contributed by atoms with Crippen molar-refractivity contribution < 1.29 is 0 Å². The SMILES string of the molecule is O=c1c2ncccc2[nH]c2nc(C3CC3)n(-c3ccccc3)c(=O)c12. The average molecular weight is 330 g/mol. The second-order valence-corrected chi connectivity index (χ2v) is 6.30. The van der Waals surface area contributed by atoms with Gasteiger partial charge in [0.1, 0.15) is 22.4 Å². The van der Waals surface area contributed by atoms with Gasteiger partial charge in [-0.25, -0.2) is 4.98 Å². The summed E-state index contributed by atoms with van der Waals surface area (Å²) in [5, 5.41) is 0.0550. The van der Waals surface area contributed by atoms with Crippen molar-refractivity contribution in [2.45, 2.75) is 18.8 Å². The molecule has 0 radical (unpaired) electrons. The van der Waals surface area contributed by atoms with E-state index in [0.29, 0.717) is 17.0 Å². The number of nitrogens with one attached hydrogen (secondary N) is 1. The van der Waals surface area contributed by atoms with Crippen molar-refractivity contribution in [2.24, 2.45) is 0 Å². The van der Waals surface area contributed by atoms with Gasteiger partial charge in [0.05, 0.1) is 11.2 Å². The molecule has 25 heavy (non-hydrogen) atoms. The van der Waals surface area contributed by atoms with Gasteiger partial charge in [-0.1, -0.05) is 18.2 Å². The molecule has 4 aromatic rings. The molecule has 122 valence electrons. The van der Waals surface area contributed by atoms with Crippen LogP contribution < -0.4 is 11.0 Å². The number of benzene rings is 1. The predicted molar refractivity (Wildman–Crippen MR) is 95.2 cm³/mol. The quantitative estimate of drug-likeness (QED) is 0.573. The summed E-state index contributed by atoms with van der Waals surface area (Å²) in [5.41, 5.74) is 1.19. The van der Waals surface area contributed by atoms with Gasteiger partial charge in [-0.15, -0.1) is 0 Å². The molecule has 1 saturated carbocycles. The van der Waals surface area contributed by atoms with Gasteiger partial charge in [0.2, 0.25) is 5.43 Å². The molecule has 3 aromatic heterocycles. The number of hydrogen-bond acceptors (Lipinski definition) is 4. The monoisotopic (exact) mass is 330 g/mol. The van der Waals surface area contributed by atoms with E-state index in [-0.39, 0.29) is 27.8 Å². The van der Waals surface area contributed by atoms with Crippen molar-refractivity contribution >= 4 is 22.1 Å². The van der Waals surface area contributed by atoms with E-state index in [0.717, 1.165) is 18.5 Å². The number of para-hydroxylation sites is 1. The summed E-state index contributed by atoms with van der Waals surface area (Å²) in [5.74, 6) is 0.966. The Hall–Kier alpha value is -3.28. The lowest BCUT2D eigenvalue weighted by Crippen LogP contribution is -2.28. The Morgan fingerprint density at radius 1 is 1.04 bits per heavy atom. The van der Waals surface area contributed by atoms with Crippen LogP contribution in [0.4, 0.5) is 0 Å². The van der Waals surface area contributed by atoms with Crippen LogP contribution >= 0.6 is 0 Å². The lowest BCUT2D eigenvalue weighted by Gasteiger charge is -2.13. The molecule has 0 atom stereocenters.